The Morgan fingerprint density at radius 3 is 2.35 bits per heavy atom. The van der Waals surface area contributed by atoms with Crippen LogP contribution in [0.2, 0.25) is 10.0 Å². The van der Waals surface area contributed by atoms with E-state index in [1.165, 1.54) is 4.90 Å². The van der Waals surface area contributed by atoms with E-state index < -0.39 is 6.04 Å². The van der Waals surface area contributed by atoms with Crippen LogP contribution in [-0.4, -0.2) is 35.4 Å². The molecule has 1 N–H and O–H groups in total. The molecule has 168 valence electrons. The third-order valence-electron chi connectivity index (χ3n) is 4.92. The first-order valence-corrected chi connectivity index (χ1v) is 11.7. The number of hydrogen-bond acceptors (Lipinski definition) is 3. The molecule has 2 aromatic rings. The van der Waals surface area contributed by atoms with Crippen molar-refractivity contribution in [3.63, 3.8) is 0 Å². The minimum Gasteiger partial charge on any atom is -0.484 e. The van der Waals surface area contributed by atoms with Crippen LogP contribution >= 0.6 is 39.1 Å². The minimum absolute atomic E-state index is 0.0108. The highest BCUT2D eigenvalue weighted by Gasteiger charge is 2.30. The van der Waals surface area contributed by atoms with Crippen LogP contribution in [0.15, 0.2) is 46.9 Å². The van der Waals surface area contributed by atoms with Crippen molar-refractivity contribution >= 4 is 50.9 Å². The maximum atomic E-state index is 13.2. The van der Waals surface area contributed by atoms with Crippen LogP contribution in [0.5, 0.6) is 5.75 Å². The Bertz CT molecular complexity index is 893. The molecule has 0 heterocycles. The standard InChI is InChI=1S/C23H27BrCl2N2O3/c1-4-15(3)27-23(30)21(5-2)28(13-16-6-9-18(25)12-20(16)26)22(29)14-31-19-10-7-17(24)8-11-19/h6-12,15,21H,4-5,13-14H2,1-3H3,(H,27,30)/t15-,21+/m1/s1. The molecular weight excluding hydrogens is 503 g/mol. The lowest BCUT2D eigenvalue weighted by molar-refractivity contribution is -0.143. The molecule has 2 rings (SSSR count). The summed E-state index contributed by atoms with van der Waals surface area (Å²) in [5, 5.41) is 3.92. The van der Waals surface area contributed by atoms with E-state index in [0.29, 0.717) is 27.8 Å². The molecule has 2 atom stereocenters. The van der Waals surface area contributed by atoms with Gasteiger partial charge in [0.2, 0.25) is 5.91 Å². The Hall–Kier alpha value is -1.76. The van der Waals surface area contributed by atoms with Crippen LogP contribution in [0, 0.1) is 0 Å². The van der Waals surface area contributed by atoms with Gasteiger partial charge in [0.15, 0.2) is 6.61 Å². The van der Waals surface area contributed by atoms with Crippen LogP contribution in [0.4, 0.5) is 0 Å². The van der Waals surface area contributed by atoms with Gasteiger partial charge < -0.3 is 15.0 Å². The lowest BCUT2D eigenvalue weighted by atomic mass is 10.1. The third-order valence-corrected chi connectivity index (χ3v) is 6.03. The molecule has 8 heteroatoms. The second-order valence-electron chi connectivity index (χ2n) is 7.24. The molecular formula is C23H27BrCl2N2O3. The fourth-order valence-electron chi connectivity index (χ4n) is 2.95. The zero-order chi connectivity index (χ0) is 23.0. The summed E-state index contributed by atoms with van der Waals surface area (Å²) in [4.78, 5) is 27.6. The summed E-state index contributed by atoms with van der Waals surface area (Å²) >= 11 is 15.7. The highest BCUT2D eigenvalue weighted by atomic mass is 79.9. The van der Waals surface area contributed by atoms with E-state index in [1.807, 2.05) is 32.9 Å². The summed E-state index contributed by atoms with van der Waals surface area (Å²) in [6.45, 7) is 5.78. The number of amides is 2. The maximum Gasteiger partial charge on any atom is 0.261 e. The van der Waals surface area contributed by atoms with E-state index in [1.54, 1.807) is 30.3 Å². The van der Waals surface area contributed by atoms with Gasteiger partial charge in [0.1, 0.15) is 11.8 Å². The topological polar surface area (TPSA) is 58.6 Å². The molecule has 0 aliphatic carbocycles. The number of carbonyl (C=O) groups is 2. The largest absolute Gasteiger partial charge is 0.484 e. The maximum absolute atomic E-state index is 13.2. The minimum atomic E-state index is -0.651. The molecule has 0 radical (unpaired) electrons. The molecule has 0 aliphatic heterocycles. The van der Waals surface area contributed by atoms with Gasteiger partial charge in [0, 0.05) is 27.1 Å². The fraction of sp³-hybridized carbons (Fsp3) is 0.391. The summed E-state index contributed by atoms with van der Waals surface area (Å²) in [5.41, 5.74) is 0.706. The zero-order valence-electron chi connectivity index (χ0n) is 17.8. The van der Waals surface area contributed by atoms with Crippen molar-refractivity contribution in [2.45, 2.75) is 52.2 Å². The van der Waals surface area contributed by atoms with Gasteiger partial charge in [-0.1, -0.05) is 59.0 Å². The van der Waals surface area contributed by atoms with Crippen LogP contribution in [-0.2, 0) is 16.1 Å². The number of nitrogens with one attached hydrogen (secondary N) is 1. The van der Waals surface area contributed by atoms with Gasteiger partial charge >= 0.3 is 0 Å². The van der Waals surface area contributed by atoms with Crippen molar-refractivity contribution in [3.8, 4) is 5.75 Å². The first kappa shape index (κ1) is 25.5. The Labute approximate surface area is 202 Å². The average Bonchev–Trinajstić information content (AvgIpc) is 2.74. The number of ether oxygens (including phenoxy) is 1. The number of benzene rings is 2. The normalized spacial score (nSPS) is 12.7. The Balaban J connectivity index is 2.24. The third kappa shape index (κ3) is 7.70. The zero-order valence-corrected chi connectivity index (χ0v) is 20.9. The van der Waals surface area contributed by atoms with Gasteiger partial charge in [-0.05, 0) is 61.7 Å². The molecule has 0 unspecified atom stereocenters. The van der Waals surface area contributed by atoms with Crippen LogP contribution in [0.25, 0.3) is 0 Å². The summed E-state index contributed by atoms with van der Waals surface area (Å²) < 4.78 is 6.58. The first-order valence-electron chi connectivity index (χ1n) is 10.2. The lowest BCUT2D eigenvalue weighted by Crippen LogP contribution is -2.51. The van der Waals surface area contributed by atoms with E-state index in [9.17, 15) is 9.59 Å². The van der Waals surface area contributed by atoms with Gasteiger partial charge in [0.05, 0.1) is 0 Å². The number of rotatable bonds is 10. The fourth-order valence-corrected chi connectivity index (χ4v) is 3.69. The molecule has 0 saturated carbocycles. The molecule has 0 saturated heterocycles. The van der Waals surface area contributed by atoms with E-state index >= 15 is 0 Å². The quantitative estimate of drug-likeness (QED) is 0.419. The van der Waals surface area contributed by atoms with Gasteiger partial charge in [0.25, 0.3) is 5.91 Å². The number of nitrogens with zero attached hydrogens (tertiary/aromatic N) is 1. The van der Waals surface area contributed by atoms with E-state index in [-0.39, 0.29) is 31.0 Å². The summed E-state index contributed by atoms with van der Waals surface area (Å²) in [6.07, 6.45) is 1.25. The van der Waals surface area contributed by atoms with Crippen molar-refractivity contribution in [1.29, 1.82) is 0 Å². The van der Waals surface area contributed by atoms with E-state index in [4.69, 9.17) is 27.9 Å². The highest BCUT2D eigenvalue weighted by molar-refractivity contribution is 9.10. The molecule has 0 spiro atoms. The molecule has 0 aromatic heterocycles. The van der Waals surface area contributed by atoms with Crippen molar-refractivity contribution in [1.82, 2.24) is 10.2 Å². The van der Waals surface area contributed by atoms with Crippen molar-refractivity contribution in [2.75, 3.05) is 6.61 Å². The molecule has 2 aromatic carbocycles. The Kier molecular flexibility index (Phi) is 10.1. The summed E-state index contributed by atoms with van der Waals surface area (Å²) in [5.74, 6) is 0.0668. The molecule has 2 amide bonds. The number of hydrogen-bond donors (Lipinski definition) is 1. The SMILES string of the molecule is CC[C@@H](C)NC(=O)[C@H](CC)N(Cc1ccc(Cl)cc1Cl)C(=O)COc1ccc(Br)cc1. The van der Waals surface area contributed by atoms with Gasteiger partial charge in [-0.15, -0.1) is 0 Å². The van der Waals surface area contributed by atoms with Gasteiger partial charge in [-0.2, -0.15) is 0 Å². The van der Waals surface area contributed by atoms with Crippen LogP contribution in [0.3, 0.4) is 0 Å². The highest BCUT2D eigenvalue weighted by Crippen LogP contribution is 2.24. The molecule has 0 fully saturated rings. The van der Waals surface area contributed by atoms with Gasteiger partial charge in [-0.25, -0.2) is 0 Å². The summed E-state index contributed by atoms with van der Waals surface area (Å²) in [7, 11) is 0. The molecule has 5 nitrogen and oxygen atoms in total. The monoisotopic (exact) mass is 528 g/mol. The Morgan fingerprint density at radius 1 is 1.10 bits per heavy atom. The first-order chi connectivity index (χ1) is 14.7. The second-order valence-corrected chi connectivity index (χ2v) is 9.00. The predicted octanol–water partition coefficient (Wildman–Crippen LogP) is 5.86. The van der Waals surface area contributed by atoms with Crippen molar-refractivity contribution in [2.24, 2.45) is 0 Å². The lowest BCUT2D eigenvalue weighted by Gasteiger charge is -2.31. The predicted molar refractivity (Wildman–Crippen MR) is 129 cm³/mol. The average molecular weight is 530 g/mol. The second kappa shape index (κ2) is 12.3. The molecule has 0 bridgehead atoms. The van der Waals surface area contributed by atoms with E-state index in [0.717, 1.165) is 10.9 Å². The van der Waals surface area contributed by atoms with Crippen LogP contribution < -0.4 is 10.1 Å². The van der Waals surface area contributed by atoms with E-state index in [2.05, 4.69) is 21.2 Å². The van der Waals surface area contributed by atoms with Gasteiger partial charge in [-0.3, -0.25) is 9.59 Å². The summed E-state index contributed by atoms with van der Waals surface area (Å²) in [6, 6.07) is 11.7. The Morgan fingerprint density at radius 2 is 1.77 bits per heavy atom. The number of carbonyl (C=O) groups excluding carboxylic acids is 2. The molecule has 0 aliphatic rings. The van der Waals surface area contributed by atoms with Crippen LogP contribution in [0.1, 0.15) is 39.2 Å². The smallest absolute Gasteiger partial charge is 0.261 e. The number of halogens is 3. The van der Waals surface area contributed by atoms with Crippen molar-refractivity contribution < 1.29 is 14.3 Å². The van der Waals surface area contributed by atoms with Crippen molar-refractivity contribution in [3.05, 3.63) is 62.5 Å². The molecule has 31 heavy (non-hydrogen) atoms.